The van der Waals surface area contributed by atoms with Gasteiger partial charge >= 0.3 is 0 Å². The lowest BCUT2D eigenvalue weighted by Gasteiger charge is -2.34. The molecule has 126 valence electrons. The number of anilines is 3. The van der Waals surface area contributed by atoms with Crippen molar-refractivity contribution in [1.82, 2.24) is 0 Å². The molecule has 1 aliphatic rings. The fourth-order valence-corrected chi connectivity index (χ4v) is 2.96. The maximum Gasteiger partial charge on any atom is 0.243 e. The topological polar surface area (TPSA) is 67.6 Å². The standard InChI is InChI=1S/C18H20ClN3O2/c1-11-3-4-13(19)7-15(11)21-18(23)10-22-9-12(2)24-17-6-5-14(20)8-16(17)22/h3-8,12H,9-10,20H2,1-2H3,(H,21,23). The van der Waals surface area contributed by atoms with Gasteiger partial charge < -0.3 is 20.7 Å². The molecule has 1 amide bonds. The summed E-state index contributed by atoms with van der Waals surface area (Å²) >= 11 is 6.00. The molecule has 0 saturated heterocycles. The molecule has 24 heavy (non-hydrogen) atoms. The van der Waals surface area contributed by atoms with Crippen molar-refractivity contribution in [2.75, 3.05) is 29.0 Å². The molecule has 5 nitrogen and oxygen atoms in total. The number of aryl methyl sites for hydroxylation is 1. The molecule has 0 aromatic heterocycles. The molecule has 2 aromatic carbocycles. The summed E-state index contributed by atoms with van der Waals surface area (Å²) in [7, 11) is 0. The first-order valence-corrected chi connectivity index (χ1v) is 8.17. The first-order valence-electron chi connectivity index (χ1n) is 7.79. The fourth-order valence-electron chi connectivity index (χ4n) is 2.79. The van der Waals surface area contributed by atoms with Crippen LogP contribution in [0.25, 0.3) is 0 Å². The second-order valence-electron chi connectivity index (χ2n) is 6.04. The second kappa shape index (κ2) is 6.61. The van der Waals surface area contributed by atoms with Crippen LogP contribution in [0, 0.1) is 6.92 Å². The smallest absolute Gasteiger partial charge is 0.243 e. The lowest BCUT2D eigenvalue weighted by Crippen LogP contribution is -2.42. The first kappa shape index (κ1) is 16.5. The molecule has 6 heteroatoms. The van der Waals surface area contributed by atoms with Gasteiger partial charge in [-0.1, -0.05) is 17.7 Å². The molecule has 1 aliphatic heterocycles. The number of nitrogens with two attached hydrogens (primary N) is 1. The Hall–Kier alpha value is -2.40. The van der Waals surface area contributed by atoms with Gasteiger partial charge in [-0.25, -0.2) is 0 Å². The van der Waals surface area contributed by atoms with Crippen molar-refractivity contribution in [3.05, 3.63) is 47.0 Å². The monoisotopic (exact) mass is 345 g/mol. The Morgan fingerprint density at radius 1 is 1.38 bits per heavy atom. The summed E-state index contributed by atoms with van der Waals surface area (Å²) in [6.07, 6.45) is 0.00169. The van der Waals surface area contributed by atoms with E-state index in [0.29, 0.717) is 17.3 Å². The highest BCUT2D eigenvalue weighted by Crippen LogP contribution is 2.35. The van der Waals surface area contributed by atoms with Crippen LogP contribution in [0.2, 0.25) is 5.02 Å². The highest BCUT2D eigenvalue weighted by molar-refractivity contribution is 6.31. The van der Waals surface area contributed by atoms with Crippen molar-refractivity contribution in [2.45, 2.75) is 20.0 Å². The molecule has 0 saturated carbocycles. The third-order valence-corrected chi connectivity index (χ3v) is 4.17. The Bertz CT molecular complexity index is 779. The van der Waals surface area contributed by atoms with E-state index in [0.717, 1.165) is 22.7 Å². The average Bonchev–Trinajstić information content (AvgIpc) is 2.51. The highest BCUT2D eigenvalue weighted by Gasteiger charge is 2.24. The molecule has 1 heterocycles. The molecule has 1 unspecified atom stereocenters. The van der Waals surface area contributed by atoms with Gasteiger partial charge in [-0.15, -0.1) is 0 Å². The van der Waals surface area contributed by atoms with Crippen molar-refractivity contribution in [2.24, 2.45) is 0 Å². The van der Waals surface area contributed by atoms with Crippen molar-refractivity contribution < 1.29 is 9.53 Å². The third-order valence-electron chi connectivity index (χ3n) is 3.94. The Kier molecular flexibility index (Phi) is 4.53. The van der Waals surface area contributed by atoms with Crippen molar-refractivity contribution in [3.63, 3.8) is 0 Å². The summed E-state index contributed by atoms with van der Waals surface area (Å²) in [5.74, 6) is 0.637. The molecule has 2 aromatic rings. The van der Waals surface area contributed by atoms with E-state index in [-0.39, 0.29) is 18.6 Å². The van der Waals surface area contributed by atoms with Gasteiger partial charge in [-0.3, -0.25) is 4.79 Å². The van der Waals surface area contributed by atoms with Crippen molar-refractivity contribution >= 4 is 34.6 Å². The number of nitrogens with one attached hydrogen (secondary N) is 1. The molecule has 0 radical (unpaired) electrons. The number of rotatable bonds is 3. The minimum absolute atomic E-state index is 0.00169. The maximum absolute atomic E-state index is 12.5. The zero-order valence-electron chi connectivity index (χ0n) is 13.7. The summed E-state index contributed by atoms with van der Waals surface area (Å²) in [6.45, 7) is 4.75. The first-order chi connectivity index (χ1) is 11.4. The van der Waals surface area contributed by atoms with Crippen LogP contribution >= 0.6 is 11.6 Å². The maximum atomic E-state index is 12.5. The average molecular weight is 346 g/mol. The molecule has 0 aliphatic carbocycles. The lowest BCUT2D eigenvalue weighted by atomic mass is 10.1. The van der Waals surface area contributed by atoms with E-state index < -0.39 is 0 Å². The summed E-state index contributed by atoms with van der Waals surface area (Å²) < 4.78 is 5.81. The van der Waals surface area contributed by atoms with Crippen LogP contribution in [0.3, 0.4) is 0 Å². The van der Waals surface area contributed by atoms with Crippen molar-refractivity contribution in [1.29, 1.82) is 0 Å². The third kappa shape index (κ3) is 3.57. The van der Waals surface area contributed by atoms with E-state index in [1.165, 1.54) is 0 Å². The van der Waals surface area contributed by atoms with E-state index >= 15 is 0 Å². The van der Waals surface area contributed by atoms with Crippen LogP contribution in [0.5, 0.6) is 5.75 Å². The number of fused-ring (bicyclic) bond motifs is 1. The van der Waals surface area contributed by atoms with E-state index in [2.05, 4.69) is 5.32 Å². The van der Waals surface area contributed by atoms with Crippen LogP contribution in [0.4, 0.5) is 17.1 Å². The second-order valence-corrected chi connectivity index (χ2v) is 6.48. The van der Waals surface area contributed by atoms with Crippen LogP contribution in [0.15, 0.2) is 36.4 Å². The molecule has 3 rings (SSSR count). The molecule has 0 fully saturated rings. The normalized spacial score (nSPS) is 16.3. The van der Waals surface area contributed by atoms with Gasteiger partial charge in [0.1, 0.15) is 11.9 Å². The Morgan fingerprint density at radius 2 is 2.17 bits per heavy atom. The van der Waals surface area contributed by atoms with Gasteiger partial charge in [0.25, 0.3) is 0 Å². The quantitative estimate of drug-likeness (QED) is 0.836. The SMILES string of the molecule is Cc1ccc(Cl)cc1NC(=O)CN1CC(C)Oc2ccc(N)cc21. The van der Waals surface area contributed by atoms with Crippen LogP contribution in [-0.4, -0.2) is 25.1 Å². The molecule has 0 spiro atoms. The fraction of sp³-hybridized carbons (Fsp3) is 0.278. The lowest BCUT2D eigenvalue weighted by molar-refractivity contribution is -0.115. The summed E-state index contributed by atoms with van der Waals surface area (Å²) in [5.41, 5.74) is 9.04. The number of nitrogens with zero attached hydrogens (tertiary/aromatic N) is 1. The van der Waals surface area contributed by atoms with Crippen molar-refractivity contribution in [3.8, 4) is 5.75 Å². The minimum atomic E-state index is -0.108. The Balaban J connectivity index is 1.77. The zero-order chi connectivity index (χ0) is 17.3. The van der Waals surface area contributed by atoms with Gasteiger partial charge in [0, 0.05) is 16.4 Å². The van der Waals surface area contributed by atoms with E-state index in [9.17, 15) is 4.79 Å². The van der Waals surface area contributed by atoms with Gasteiger partial charge in [0.15, 0.2) is 0 Å². The number of ether oxygens (including phenoxy) is 1. The molecule has 1 atom stereocenters. The number of carbonyl (C=O) groups excluding carboxylic acids is 1. The van der Waals surface area contributed by atoms with Crippen LogP contribution < -0.4 is 20.7 Å². The van der Waals surface area contributed by atoms with E-state index in [1.54, 1.807) is 18.2 Å². The molecule has 0 bridgehead atoms. The largest absolute Gasteiger partial charge is 0.487 e. The predicted molar refractivity (Wildman–Crippen MR) is 98.0 cm³/mol. The number of nitrogen functional groups attached to an aromatic ring is 1. The molecular weight excluding hydrogens is 326 g/mol. The Morgan fingerprint density at radius 3 is 2.96 bits per heavy atom. The van der Waals surface area contributed by atoms with Gasteiger partial charge in [0.05, 0.1) is 18.8 Å². The molecular formula is C18H20ClN3O2. The number of carbonyl (C=O) groups is 1. The number of hydrogen-bond donors (Lipinski definition) is 2. The number of halogens is 1. The predicted octanol–water partition coefficient (Wildman–Crippen LogP) is 3.46. The van der Waals surface area contributed by atoms with Gasteiger partial charge in [-0.05, 0) is 49.7 Å². The number of amides is 1. The number of hydrogen-bond acceptors (Lipinski definition) is 4. The van der Waals surface area contributed by atoms with E-state index in [4.69, 9.17) is 22.1 Å². The van der Waals surface area contributed by atoms with Crippen LogP contribution in [-0.2, 0) is 4.79 Å². The minimum Gasteiger partial charge on any atom is -0.487 e. The Labute approximate surface area is 146 Å². The highest BCUT2D eigenvalue weighted by atomic mass is 35.5. The van der Waals surface area contributed by atoms with E-state index in [1.807, 2.05) is 36.9 Å². The summed E-state index contributed by atoms with van der Waals surface area (Å²) in [4.78, 5) is 14.5. The van der Waals surface area contributed by atoms with Gasteiger partial charge in [-0.2, -0.15) is 0 Å². The summed E-state index contributed by atoms with van der Waals surface area (Å²) in [6, 6.07) is 10.9. The summed E-state index contributed by atoms with van der Waals surface area (Å²) in [5, 5.41) is 3.51. The number of benzene rings is 2. The van der Waals surface area contributed by atoms with Crippen LogP contribution in [0.1, 0.15) is 12.5 Å². The molecule has 3 N–H and O–H groups in total. The zero-order valence-corrected chi connectivity index (χ0v) is 14.4. The van der Waals surface area contributed by atoms with Gasteiger partial charge in [0.2, 0.25) is 5.91 Å².